The van der Waals surface area contributed by atoms with Crippen molar-refractivity contribution in [1.29, 1.82) is 0 Å². The van der Waals surface area contributed by atoms with E-state index in [4.69, 9.17) is 0 Å². The Morgan fingerprint density at radius 3 is 2.21 bits per heavy atom. The largest absolute Gasteiger partial charge is 0.355 e. The van der Waals surface area contributed by atoms with Crippen LogP contribution in [0.15, 0.2) is 0 Å². The smallest absolute Gasteiger partial charge is 0.319 e. The first-order valence-corrected chi connectivity index (χ1v) is 9.69. The second-order valence-corrected chi connectivity index (χ2v) is 6.91. The summed E-state index contributed by atoms with van der Waals surface area (Å²) in [7, 11) is 0. The van der Waals surface area contributed by atoms with Crippen LogP contribution in [0.5, 0.6) is 0 Å². The van der Waals surface area contributed by atoms with Crippen molar-refractivity contribution in [1.82, 2.24) is 20.0 Å². The van der Waals surface area contributed by atoms with E-state index in [1.165, 1.54) is 32.4 Å². The fraction of sp³-hybridized carbons (Fsp3) is 0.889. The van der Waals surface area contributed by atoms with Gasteiger partial charge in [-0.05, 0) is 52.6 Å². The molecule has 0 aromatic heterocycles. The van der Waals surface area contributed by atoms with Gasteiger partial charge in [-0.3, -0.25) is 4.79 Å². The minimum absolute atomic E-state index is 0.0621. The molecule has 0 spiro atoms. The highest BCUT2D eigenvalue weighted by Crippen LogP contribution is 2.18. The number of carbonyl (C=O) groups excluding carboxylic acids is 2. The van der Waals surface area contributed by atoms with Gasteiger partial charge in [-0.1, -0.05) is 6.42 Å². The lowest BCUT2D eigenvalue weighted by Crippen LogP contribution is -2.48. The molecule has 0 radical (unpaired) electrons. The number of likely N-dealkylation sites (tertiary alicyclic amines) is 2. The Hall–Kier alpha value is -1.30. The van der Waals surface area contributed by atoms with Crippen LogP contribution in [0.4, 0.5) is 4.79 Å². The quantitative estimate of drug-likeness (QED) is 0.803. The maximum atomic E-state index is 12.3. The summed E-state index contributed by atoms with van der Waals surface area (Å²) in [5.41, 5.74) is 0. The van der Waals surface area contributed by atoms with Crippen LogP contribution in [0.1, 0.15) is 46.0 Å². The normalized spacial score (nSPS) is 20.0. The molecule has 6 nitrogen and oxygen atoms in total. The van der Waals surface area contributed by atoms with Gasteiger partial charge in [0.05, 0.1) is 0 Å². The molecular weight excluding hydrogens is 304 g/mol. The van der Waals surface area contributed by atoms with Crippen molar-refractivity contribution in [2.45, 2.75) is 46.0 Å². The van der Waals surface area contributed by atoms with Crippen LogP contribution < -0.4 is 5.32 Å². The van der Waals surface area contributed by atoms with Gasteiger partial charge in [0.15, 0.2) is 0 Å². The van der Waals surface area contributed by atoms with Gasteiger partial charge in [0.1, 0.15) is 0 Å². The highest BCUT2D eigenvalue weighted by molar-refractivity contribution is 5.79. The number of hydrogen-bond acceptors (Lipinski definition) is 3. The number of carbonyl (C=O) groups is 2. The van der Waals surface area contributed by atoms with E-state index >= 15 is 0 Å². The van der Waals surface area contributed by atoms with E-state index in [1.54, 1.807) is 0 Å². The van der Waals surface area contributed by atoms with Crippen molar-refractivity contribution in [2.24, 2.45) is 5.92 Å². The van der Waals surface area contributed by atoms with E-state index in [1.807, 2.05) is 23.6 Å². The molecule has 0 aliphatic carbocycles. The summed E-state index contributed by atoms with van der Waals surface area (Å²) < 4.78 is 0. The minimum Gasteiger partial charge on any atom is -0.355 e. The summed E-state index contributed by atoms with van der Waals surface area (Å²) in [4.78, 5) is 30.8. The van der Waals surface area contributed by atoms with Crippen LogP contribution >= 0.6 is 0 Å². The average molecular weight is 338 g/mol. The third-order valence-corrected chi connectivity index (χ3v) is 5.35. The number of piperidine rings is 2. The highest BCUT2D eigenvalue weighted by atomic mass is 16.2. The molecule has 0 atom stereocenters. The fourth-order valence-corrected chi connectivity index (χ4v) is 3.69. The first kappa shape index (κ1) is 19.0. The molecule has 0 saturated carbocycles. The molecule has 2 aliphatic heterocycles. The molecule has 138 valence electrons. The number of nitrogens with zero attached hydrogens (tertiary/aromatic N) is 3. The predicted octanol–water partition coefficient (Wildman–Crippen LogP) is 1.76. The Labute approximate surface area is 146 Å². The topological polar surface area (TPSA) is 55.9 Å². The van der Waals surface area contributed by atoms with E-state index in [2.05, 4.69) is 10.2 Å². The minimum atomic E-state index is 0.0621. The van der Waals surface area contributed by atoms with Crippen molar-refractivity contribution in [3.63, 3.8) is 0 Å². The van der Waals surface area contributed by atoms with E-state index in [0.29, 0.717) is 13.1 Å². The summed E-state index contributed by atoms with van der Waals surface area (Å²) in [5.74, 6) is 0.231. The molecule has 0 bridgehead atoms. The molecule has 2 heterocycles. The summed E-state index contributed by atoms with van der Waals surface area (Å²) >= 11 is 0. The van der Waals surface area contributed by atoms with E-state index in [0.717, 1.165) is 39.0 Å². The zero-order valence-corrected chi connectivity index (χ0v) is 15.4. The van der Waals surface area contributed by atoms with Crippen LogP contribution in [-0.4, -0.2) is 79.0 Å². The second kappa shape index (κ2) is 9.87. The van der Waals surface area contributed by atoms with Crippen molar-refractivity contribution in [2.75, 3.05) is 52.4 Å². The number of amides is 3. The first-order valence-electron chi connectivity index (χ1n) is 9.69. The van der Waals surface area contributed by atoms with Gasteiger partial charge in [0.25, 0.3) is 0 Å². The van der Waals surface area contributed by atoms with Crippen molar-refractivity contribution < 1.29 is 9.59 Å². The lowest BCUT2D eigenvalue weighted by molar-refractivity contribution is -0.126. The van der Waals surface area contributed by atoms with E-state index < -0.39 is 0 Å². The maximum Gasteiger partial charge on any atom is 0.319 e. The molecule has 1 N–H and O–H groups in total. The van der Waals surface area contributed by atoms with Gasteiger partial charge >= 0.3 is 6.03 Å². The van der Waals surface area contributed by atoms with Gasteiger partial charge in [0.2, 0.25) is 5.91 Å². The summed E-state index contributed by atoms with van der Waals surface area (Å²) in [5, 5.41) is 3.09. The summed E-state index contributed by atoms with van der Waals surface area (Å²) in [6.45, 7) is 10.9. The third-order valence-electron chi connectivity index (χ3n) is 5.35. The SMILES string of the molecule is CCN(CC)C(=O)N1CCC(C(=O)NCCN2CCCCC2)CC1. The van der Waals surface area contributed by atoms with Gasteiger partial charge in [-0.2, -0.15) is 0 Å². The molecule has 24 heavy (non-hydrogen) atoms. The van der Waals surface area contributed by atoms with Crippen molar-refractivity contribution >= 4 is 11.9 Å². The van der Waals surface area contributed by atoms with Gasteiger partial charge in [-0.25, -0.2) is 4.79 Å². The molecule has 0 aromatic rings. The second-order valence-electron chi connectivity index (χ2n) is 6.91. The van der Waals surface area contributed by atoms with Crippen LogP contribution in [0.3, 0.4) is 0 Å². The molecule has 2 saturated heterocycles. The van der Waals surface area contributed by atoms with E-state index in [9.17, 15) is 9.59 Å². The van der Waals surface area contributed by atoms with Crippen LogP contribution in [0, 0.1) is 5.92 Å². The molecule has 2 fully saturated rings. The van der Waals surface area contributed by atoms with Gasteiger partial charge < -0.3 is 20.0 Å². The Balaban J connectivity index is 1.65. The summed E-state index contributed by atoms with van der Waals surface area (Å²) in [6.07, 6.45) is 5.47. The van der Waals surface area contributed by atoms with Crippen LogP contribution in [0.25, 0.3) is 0 Å². The van der Waals surface area contributed by atoms with Crippen LogP contribution in [0.2, 0.25) is 0 Å². The predicted molar refractivity (Wildman–Crippen MR) is 95.9 cm³/mol. The summed E-state index contributed by atoms with van der Waals surface area (Å²) in [6, 6.07) is 0.115. The zero-order valence-electron chi connectivity index (χ0n) is 15.4. The van der Waals surface area contributed by atoms with E-state index in [-0.39, 0.29) is 17.9 Å². The average Bonchev–Trinajstić information content (AvgIpc) is 2.63. The zero-order chi connectivity index (χ0) is 17.4. The monoisotopic (exact) mass is 338 g/mol. The molecule has 0 unspecified atom stereocenters. The molecule has 2 rings (SSSR count). The van der Waals surface area contributed by atoms with Gasteiger partial charge in [0, 0.05) is 45.2 Å². The lowest BCUT2D eigenvalue weighted by atomic mass is 9.96. The Bertz CT molecular complexity index is 398. The van der Waals surface area contributed by atoms with Crippen molar-refractivity contribution in [3.8, 4) is 0 Å². The Morgan fingerprint density at radius 1 is 1.00 bits per heavy atom. The fourth-order valence-electron chi connectivity index (χ4n) is 3.69. The van der Waals surface area contributed by atoms with Gasteiger partial charge in [-0.15, -0.1) is 0 Å². The Morgan fingerprint density at radius 2 is 1.62 bits per heavy atom. The van der Waals surface area contributed by atoms with Crippen LogP contribution in [-0.2, 0) is 4.79 Å². The number of hydrogen-bond donors (Lipinski definition) is 1. The number of nitrogens with one attached hydrogen (secondary N) is 1. The first-order chi connectivity index (χ1) is 11.7. The lowest BCUT2D eigenvalue weighted by Gasteiger charge is -2.34. The number of urea groups is 1. The maximum absolute atomic E-state index is 12.3. The third kappa shape index (κ3) is 5.36. The molecule has 2 aliphatic rings. The highest BCUT2D eigenvalue weighted by Gasteiger charge is 2.28. The molecule has 3 amide bonds. The molecule has 0 aromatic carbocycles. The Kier molecular flexibility index (Phi) is 7.82. The number of rotatable bonds is 6. The molecule has 6 heteroatoms. The van der Waals surface area contributed by atoms with Crippen molar-refractivity contribution in [3.05, 3.63) is 0 Å². The molecular formula is C18H34N4O2. The standard InChI is InChI=1S/C18H34N4O2/c1-3-21(4-2)18(24)22-13-8-16(9-14-22)17(23)19-10-15-20-11-6-5-7-12-20/h16H,3-15H2,1-2H3,(H,19,23).